The fraction of sp³-hybridized carbons (Fsp3) is 0.278. The summed E-state index contributed by atoms with van der Waals surface area (Å²) in [5.74, 6) is -1.26. The maximum atomic E-state index is 11.9. The average molecular weight is 284 g/mol. The Labute approximate surface area is 124 Å². The van der Waals surface area contributed by atoms with Gasteiger partial charge in [0.05, 0.1) is 0 Å². The van der Waals surface area contributed by atoms with Crippen LogP contribution in [0.3, 0.4) is 0 Å². The van der Waals surface area contributed by atoms with Crippen LogP contribution in [-0.4, -0.2) is 16.2 Å². The lowest BCUT2D eigenvalue weighted by Gasteiger charge is -2.29. The van der Waals surface area contributed by atoms with Gasteiger partial charge in [0.2, 0.25) is 5.60 Å². The lowest BCUT2D eigenvalue weighted by atomic mass is 9.79. The number of aliphatic carboxylic acids is 1. The highest BCUT2D eigenvalue weighted by molar-refractivity contribution is 5.85. The van der Waals surface area contributed by atoms with Gasteiger partial charge in [0, 0.05) is 5.56 Å². The minimum Gasteiger partial charge on any atom is -0.479 e. The number of aryl methyl sites for hydroxylation is 2. The topological polar surface area (TPSA) is 57.5 Å². The van der Waals surface area contributed by atoms with Crippen molar-refractivity contribution < 1.29 is 15.0 Å². The Bertz CT molecular complexity index is 689. The van der Waals surface area contributed by atoms with E-state index in [-0.39, 0.29) is 0 Å². The predicted octanol–water partition coefficient (Wildman–Crippen LogP) is 3.24. The number of aliphatic hydroxyl groups is 1. The first kappa shape index (κ1) is 15.3. The highest BCUT2D eigenvalue weighted by Gasteiger charge is 2.42. The largest absolute Gasteiger partial charge is 0.479 e. The van der Waals surface area contributed by atoms with Crippen molar-refractivity contribution in [1.82, 2.24) is 0 Å². The van der Waals surface area contributed by atoms with Crippen LogP contribution in [0, 0.1) is 27.7 Å². The highest BCUT2D eigenvalue weighted by atomic mass is 16.4. The van der Waals surface area contributed by atoms with Gasteiger partial charge in [-0.25, -0.2) is 4.79 Å². The number of rotatable bonds is 3. The smallest absolute Gasteiger partial charge is 0.345 e. The lowest BCUT2D eigenvalue weighted by molar-refractivity contribution is -0.155. The van der Waals surface area contributed by atoms with Crippen molar-refractivity contribution in [3.8, 4) is 0 Å². The van der Waals surface area contributed by atoms with Crippen LogP contribution in [0.1, 0.15) is 33.4 Å². The minimum atomic E-state index is -2.03. The second kappa shape index (κ2) is 5.34. The molecule has 0 bridgehead atoms. The summed E-state index contributed by atoms with van der Waals surface area (Å²) in [5, 5.41) is 20.7. The molecule has 2 aromatic carbocycles. The van der Waals surface area contributed by atoms with Crippen LogP contribution in [0.5, 0.6) is 0 Å². The van der Waals surface area contributed by atoms with Crippen molar-refractivity contribution in [3.63, 3.8) is 0 Å². The zero-order valence-corrected chi connectivity index (χ0v) is 12.8. The Kier molecular flexibility index (Phi) is 3.88. The second-order valence-corrected chi connectivity index (χ2v) is 5.52. The van der Waals surface area contributed by atoms with Crippen LogP contribution in [0.25, 0.3) is 0 Å². The third-order valence-electron chi connectivity index (χ3n) is 4.22. The van der Waals surface area contributed by atoms with Gasteiger partial charge in [-0.1, -0.05) is 36.4 Å². The van der Waals surface area contributed by atoms with E-state index in [2.05, 4.69) is 0 Å². The molecule has 0 heterocycles. The van der Waals surface area contributed by atoms with Gasteiger partial charge in [-0.2, -0.15) is 0 Å². The summed E-state index contributed by atoms with van der Waals surface area (Å²) in [5.41, 5.74) is 2.50. The monoisotopic (exact) mass is 284 g/mol. The van der Waals surface area contributed by atoms with E-state index in [1.807, 2.05) is 33.8 Å². The summed E-state index contributed by atoms with van der Waals surface area (Å²) < 4.78 is 0. The molecule has 0 fully saturated rings. The highest BCUT2D eigenvalue weighted by Crippen LogP contribution is 2.36. The van der Waals surface area contributed by atoms with Crippen LogP contribution in [0.4, 0.5) is 0 Å². The Morgan fingerprint density at radius 2 is 1.52 bits per heavy atom. The molecule has 1 atom stereocenters. The summed E-state index contributed by atoms with van der Waals surface area (Å²) in [4.78, 5) is 11.9. The first-order valence-corrected chi connectivity index (χ1v) is 6.89. The molecule has 2 aromatic rings. The van der Waals surface area contributed by atoms with E-state index in [9.17, 15) is 15.0 Å². The zero-order chi connectivity index (χ0) is 15.8. The fourth-order valence-corrected chi connectivity index (χ4v) is 2.89. The molecule has 0 amide bonds. The van der Waals surface area contributed by atoms with E-state index >= 15 is 0 Å². The number of carbonyl (C=O) groups is 1. The van der Waals surface area contributed by atoms with E-state index in [1.54, 1.807) is 30.3 Å². The SMILES string of the molecule is Cc1cc(C)c(C(O)(C(=O)O)c2ccccc2)c(C)c1C. The van der Waals surface area contributed by atoms with E-state index < -0.39 is 11.6 Å². The van der Waals surface area contributed by atoms with Crippen LogP contribution >= 0.6 is 0 Å². The van der Waals surface area contributed by atoms with Gasteiger partial charge in [0.1, 0.15) is 0 Å². The third-order valence-corrected chi connectivity index (χ3v) is 4.22. The van der Waals surface area contributed by atoms with Crippen molar-refractivity contribution in [2.24, 2.45) is 0 Å². The van der Waals surface area contributed by atoms with Crippen molar-refractivity contribution in [2.45, 2.75) is 33.3 Å². The van der Waals surface area contributed by atoms with Gasteiger partial charge in [-0.3, -0.25) is 0 Å². The molecular weight excluding hydrogens is 264 g/mol. The molecule has 0 saturated carbocycles. The van der Waals surface area contributed by atoms with Gasteiger partial charge >= 0.3 is 5.97 Å². The van der Waals surface area contributed by atoms with Gasteiger partial charge < -0.3 is 10.2 Å². The molecule has 3 heteroatoms. The summed E-state index contributed by atoms with van der Waals surface area (Å²) in [6.07, 6.45) is 0. The minimum absolute atomic E-state index is 0.368. The molecule has 0 aliphatic rings. The molecule has 0 saturated heterocycles. The summed E-state index contributed by atoms with van der Waals surface area (Å²) in [7, 11) is 0. The second-order valence-electron chi connectivity index (χ2n) is 5.52. The van der Waals surface area contributed by atoms with E-state index in [4.69, 9.17) is 0 Å². The standard InChI is InChI=1S/C18H20O3/c1-11-10-12(2)16(14(4)13(11)3)18(21,17(19)20)15-8-6-5-7-9-15/h5-10,21H,1-4H3,(H,19,20). The van der Waals surface area contributed by atoms with Crippen molar-refractivity contribution in [3.05, 3.63) is 69.8 Å². The Morgan fingerprint density at radius 3 is 2.05 bits per heavy atom. The van der Waals surface area contributed by atoms with Crippen molar-refractivity contribution in [2.75, 3.05) is 0 Å². The summed E-state index contributed by atoms with van der Waals surface area (Å²) in [6, 6.07) is 10.5. The van der Waals surface area contributed by atoms with E-state index in [1.165, 1.54) is 0 Å². The molecule has 110 valence electrons. The molecule has 0 radical (unpaired) electrons. The molecule has 0 aliphatic carbocycles. The van der Waals surface area contributed by atoms with Gasteiger partial charge in [0.15, 0.2) is 0 Å². The summed E-state index contributed by atoms with van der Waals surface area (Å²) >= 11 is 0. The molecule has 3 nitrogen and oxygen atoms in total. The molecule has 2 N–H and O–H groups in total. The number of carboxylic acid groups (broad SMARTS) is 1. The first-order valence-electron chi connectivity index (χ1n) is 6.89. The maximum absolute atomic E-state index is 11.9. The predicted molar refractivity (Wildman–Crippen MR) is 82.5 cm³/mol. The normalized spacial score (nSPS) is 13.8. The van der Waals surface area contributed by atoms with Crippen LogP contribution in [0.2, 0.25) is 0 Å². The Morgan fingerprint density at radius 1 is 0.952 bits per heavy atom. The Balaban J connectivity index is 2.83. The van der Waals surface area contributed by atoms with Crippen LogP contribution in [0.15, 0.2) is 36.4 Å². The molecule has 1 unspecified atom stereocenters. The summed E-state index contributed by atoms with van der Waals surface area (Å²) in [6.45, 7) is 7.63. The van der Waals surface area contributed by atoms with Crippen LogP contribution < -0.4 is 0 Å². The molecular formula is C18H20O3. The number of hydrogen-bond acceptors (Lipinski definition) is 2. The first-order chi connectivity index (χ1) is 9.80. The Hall–Kier alpha value is -2.13. The van der Waals surface area contributed by atoms with E-state index in [0.29, 0.717) is 11.1 Å². The quantitative estimate of drug-likeness (QED) is 0.909. The van der Waals surface area contributed by atoms with Gasteiger partial charge in [0.25, 0.3) is 0 Å². The molecule has 0 aromatic heterocycles. The van der Waals surface area contributed by atoms with Crippen molar-refractivity contribution >= 4 is 5.97 Å². The molecule has 21 heavy (non-hydrogen) atoms. The zero-order valence-electron chi connectivity index (χ0n) is 12.8. The van der Waals surface area contributed by atoms with E-state index in [0.717, 1.165) is 22.3 Å². The fourth-order valence-electron chi connectivity index (χ4n) is 2.89. The maximum Gasteiger partial charge on any atom is 0.345 e. The number of hydrogen-bond donors (Lipinski definition) is 2. The average Bonchev–Trinajstić information content (AvgIpc) is 2.45. The molecule has 0 aliphatic heterocycles. The third kappa shape index (κ3) is 2.34. The lowest BCUT2D eigenvalue weighted by Crippen LogP contribution is -2.38. The van der Waals surface area contributed by atoms with Crippen molar-refractivity contribution in [1.29, 1.82) is 0 Å². The number of carboxylic acids is 1. The molecule has 0 spiro atoms. The van der Waals surface area contributed by atoms with Gasteiger partial charge in [-0.15, -0.1) is 0 Å². The molecule has 2 rings (SSSR count). The number of benzene rings is 2. The van der Waals surface area contributed by atoms with Gasteiger partial charge in [-0.05, 0) is 55.5 Å². The van der Waals surface area contributed by atoms with Crippen LogP contribution in [-0.2, 0) is 10.4 Å².